The summed E-state index contributed by atoms with van der Waals surface area (Å²) in [6, 6.07) is 9.89. The van der Waals surface area contributed by atoms with Crippen molar-refractivity contribution in [3.05, 3.63) is 66.1 Å². The van der Waals surface area contributed by atoms with E-state index >= 15 is 0 Å². The second-order valence-electron chi connectivity index (χ2n) is 4.11. The van der Waals surface area contributed by atoms with Gasteiger partial charge in [0.25, 0.3) is 0 Å². The molecule has 0 atom stereocenters. The Morgan fingerprint density at radius 2 is 1.82 bits per heavy atom. The van der Waals surface area contributed by atoms with Crippen molar-refractivity contribution in [2.75, 3.05) is 14.1 Å². The number of hydrogen-bond acceptors (Lipinski definition) is 2. The maximum Gasteiger partial charge on any atom is 0.131 e. The second kappa shape index (κ2) is 5.39. The van der Waals surface area contributed by atoms with Gasteiger partial charge >= 0.3 is 0 Å². The van der Waals surface area contributed by atoms with Crippen molar-refractivity contribution >= 4 is 0 Å². The number of rotatable bonds is 3. The van der Waals surface area contributed by atoms with Crippen molar-refractivity contribution in [1.29, 1.82) is 0 Å². The minimum absolute atomic E-state index is 0.815. The summed E-state index contributed by atoms with van der Waals surface area (Å²) >= 11 is 0. The van der Waals surface area contributed by atoms with Crippen molar-refractivity contribution in [2.24, 2.45) is 0 Å². The van der Waals surface area contributed by atoms with Crippen LogP contribution in [0.25, 0.3) is 0 Å². The lowest BCUT2D eigenvalue weighted by Crippen LogP contribution is -2.14. The Labute approximate surface area is 103 Å². The highest BCUT2D eigenvalue weighted by atomic mass is 16.5. The highest BCUT2D eigenvalue weighted by Crippen LogP contribution is 2.21. The van der Waals surface area contributed by atoms with Gasteiger partial charge in [-0.25, -0.2) is 0 Å². The Morgan fingerprint density at radius 3 is 2.53 bits per heavy atom. The van der Waals surface area contributed by atoms with Gasteiger partial charge in [-0.15, -0.1) is 0 Å². The molecule has 0 aliphatic heterocycles. The minimum Gasteiger partial charge on any atom is -0.459 e. The molecule has 0 fully saturated rings. The molecule has 0 saturated carbocycles. The van der Waals surface area contributed by atoms with E-state index in [4.69, 9.17) is 4.74 Å². The summed E-state index contributed by atoms with van der Waals surface area (Å²) in [4.78, 5) is 2.07. The molecule has 1 aromatic carbocycles. The molecule has 0 spiro atoms. The van der Waals surface area contributed by atoms with E-state index in [1.54, 1.807) is 0 Å². The highest BCUT2D eigenvalue weighted by molar-refractivity contribution is 5.32. The summed E-state index contributed by atoms with van der Waals surface area (Å²) in [5.74, 6) is 1.86. The number of benzene rings is 1. The zero-order chi connectivity index (χ0) is 12.1. The zero-order valence-electron chi connectivity index (χ0n) is 10.3. The van der Waals surface area contributed by atoms with E-state index in [0.29, 0.717) is 0 Å². The monoisotopic (exact) mass is 227 g/mol. The first kappa shape index (κ1) is 11.5. The lowest BCUT2D eigenvalue weighted by molar-refractivity contribution is 0.382. The van der Waals surface area contributed by atoms with E-state index in [1.807, 2.05) is 56.6 Å². The molecule has 0 aromatic heterocycles. The number of nitrogens with zero attached hydrogens (tertiary/aromatic N) is 1. The summed E-state index contributed by atoms with van der Waals surface area (Å²) in [6.45, 7) is 0. The molecule has 88 valence electrons. The largest absolute Gasteiger partial charge is 0.459 e. The van der Waals surface area contributed by atoms with Crippen molar-refractivity contribution in [3.63, 3.8) is 0 Å². The first-order valence-corrected chi connectivity index (χ1v) is 5.74. The molecule has 1 aromatic rings. The topological polar surface area (TPSA) is 12.5 Å². The molecule has 0 heterocycles. The number of ether oxygens (including phenoxy) is 1. The molecular formula is C15H17NO. The standard InChI is InChI=1S/C15H17NO/c1-16(2)14-11-7-4-8-12-15(14)17-13-9-5-3-6-10-13/h3-11H,12H2,1-2H3. The Hall–Kier alpha value is -1.96. The summed E-state index contributed by atoms with van der Waals surface area (Å²) in [6.07, 6.45) is 9.07. The van der Waals surface area contributed by atoms with Crippen LogP contribution in [0.1, 0.15) is 6.42 Å². The molecular weight excluding hydrogens is 210 g/mol. The Balaban J connectivity index is 2.27. The molecule has 2 heteroatoms. The highest BCUT2D eigenvalue weighted by Gasteiger charge is 2.09. The molecule has 0 unspecified atom stereocenters. The number of allylic oxidation sites excluding steroid dienone is 4. The lowest BCUT2D eigenvalue weighted by atomic mass is 10.2. The minimum atomic E-state index is 0.815. The van der Waals surface area contributed by atoms with Gasteiger partial charge in [0.15, 0.2) is 0 Å². The maximum atomic E-state index is 5.94. The fraction of sp³-hybridized carbons (Fsp3) is 0.200. The predicted molar refractivity (Wildman–Crippen MR) is 70.7 cm³/mol. The van der Waals surface area contributed by atoms with Crippen molar-refractivity contribution in [3.8, 4) is 5.75 Å². The fourth-order valence-corrected chi connectivity index (χ4v) is 1.72. The first-order chi connectivity index (χ1) is 8.27. The van der Waals surface area contributed by atoms with Gasteiger partial charge in [0.2, 0.25) is 0 Å². The quantitative estimate of drug-likeness (QED) is 0.785. The molecule has 2 rings (SSSR count). The molecule has 17 heavy (non-hydrogen) atoms. The van der Waals surface area contributed by atoms with E-state index in [0.717, 1.165) is 23.6 Å². The maximum absolute atomic E-state index is 5.94. The van der Waals surface area contributed by atoms with Gasteiger partial charge in [0, 0.05) is 20.5 Å². The van der Waals surface area contributed by atoms with Crippen molar-refractivity contribution in [1.82, 2.24) is 4.90 Å². The normalized spacial score (nSPS) is 14.7. The number of para-hydroxylation sites is 1. The molecule has 0 bridgehead atoms. The number of hydrogen-bond donors (Lipinski definition) is 0. The van der Waals surface area contributed by atoms with Gasteiger partial charge in [-0.05, 0) is 18.2 Å². The average Bonchev–Trinajstić information content (AvgIpc) is 2.56. The second-order valence-corrected chi connectivity index (χ2v) is 4.11. The smallest absolute Gasteiger partial charge is 0.131 e. The van der Waals surface area contributed by atoms with E-state index in [9.17, 15) is 0 Å². The molecule has 1 aliphatic rings. The molecule has 2 nitrogen and oxygen atoms in total. The summed E-state index contributed by atoms with van der Waals surface area (Å²) in [5.41, 5.74) is 1.11. The van der Waals surface area contributed by atoms with Crippen LogP contribution in [0.2, 0.25) is 0 Å². The summed E-state index contributed by atoms with van der Waals surface area (Å²) < 4.78 is 5.94. The van der Waals surface area contributed by atoms with Crippen LogP contribution >= 0.6 is 0 Å². The van der Waals surface area contributed by atoms with Gasteiger partial charge in [-0.2, -0.15) is 0 Å². The van der Waals surface area contributed by atoms with Gasteiger partial charge in [-0.3, -0.25) is 0 Å². The first-order valence-electron chi connectivity index (χ1n) is 5.74. The van der Waals surface area contributed by atoms with Crippen LogP contribution in [0.15, 0.2) is 66.1 Å². The summed E-state index contributed by atoms with van der Waals surface area (Å²) in [7, 11) is 4.05. The van der Waals surface area contributed by atoms with E-state index in [-0.39, 0.29) is 0 Å². The average molecular weight is 227 g/mol. The van der Waals surface area contributed by atoms with Crippen LogP contribution in [-0.4, -0.2) is 19.0 Å². The molecule has 0 N–H and O–H groups in total. The van der Waals surface area contributed by atoms with Crippen molar-refractivity contribution < 1.29 is 4.74 Å². The molecule has 1 aliphatic carbocycles. The van der Waals surface area contributed by atoms with Crippen LogP contribution in [0, 0.1) is 0 Å². The molecule has 0 saturated heterocycles. The Bertz CT molecular complexity index is 455. The van der Waals surface area contributed by atoms with Crippen molar-refractivity contribution in [2.45, 2.75) is 6.42 Å². The Morgan fingerprint density at radius 1 is 1.06 bits per heavy atom. The molecule has 0 radical (unpaired) electrons. The SMILES string of the molecule is CN(C)C1=C(Oc2ccccc2)CC=CC=C1. The zero-order valence-corrected chi connectivity index (χ0v) is 10.3. The van der Waals surface area contributed by atoms with Crippen LogP contribution in [0.3, 0.4) is 0 Å². The van der Waals surface area contributed by atoms with E-state index in [2.05, 4.69) is 17.1 Å². The van der Waals surface area contributed by atoms with Gasteiger partial charge in [0.1, 0.15) is 11.5 Å². The van der Waals surface area contributed by atoms with Crippen LogP contribution < -0.4 is 4.74 Å². The number of likely N-dealkylation sites (N-methyl/N-ethyl adjacent to an activating group) is 1. The van der Waals surface area contributed by atoms with E-state index in [1.165, 1.54) is 0 Å². The van der Waals surface area contributed by atoms with Crippen LogP contribution in [0.4, 0.5) is 0 Å². The Kier molecular flexibility index (Phi) is 3.66. The van der Waals surface area contributed by atoms with Gasteiger partial charge in [-0.1, -0.05) is 36.4 Å². The third kappa shape index (κ3) is 3.00. The third-order valence-electron chi connectivity index (χ3n) is 2.56. The fourth-order valence-electron chi connectivity index (χ4n) is 1.72. The third-order valence-corrected chi connectivity index (χ3v) is 2.56. The molecule has 0 amide bonds. The van der Waals surface area contributed by atoms with Gasteiger partial charge in [0.05, 0.1) is 5.70 Å². The van der Waals surface area contributed by atoms with Crippen LogP contribution in [-0.2, 0) is 0 Å². The van der Waals surface area contributed by atoms with Gasteiger partial charge < -0.3 is 9.64 Å². The summed E-state index contributed by atoms with van der Waals surface area (Å²) in [5, 5.41) is 0. The predicted octanol–water partition coefficient (Wildman–Crippen LogP) is 3.35. The lowest BCUT2D eigenvalue weighted by Gasteiger charge is -2.18. The van der Waals surface area contributed by atoms with Crippen LogP contribution in [0.5, 0.6) is 5.75 Å². The van der Waals surface area contributed by atoms with E-state index < -0.39 is 0 Å².